The Labute approximate surface area is 114 Å². The molecule has 0 bridgehead atoms. The highest BCUT2D eigenvalue weighted by Gasteiger charge is 2.20. The highest BCUT2D eigenvalue weighted by Crippen LogP contribution is 2.20. The normalized spacial score (nSPS) is 18.6. The van der Waals surface area contributed by atoms with Gasteiger partial charge in [0.05, 0.1) is 24.5 Å². The van der Waals surface area contributed by atoms with Gasteiger partial charge in [0.15, 0.2) is 0 Å². The second kappa shape index (κ2) is 6.44. The lowest BCUT2D eigenvalue weighted by Crippen LogP contribution is -2.43. The van der Waals surface area contributed by atoms with Crippen LogP contribution in [-0.2, 0) is 9.53 Å². The van der Waals surface area contributed by atoms with Crippen LogP contribution in [0.3, 0.4) is 0 Å². The zero-order valence-electron chi connectivity index (χ0n) is 10.7. The smallest absolute Gasteiger partial charge is 0.337 e. The number of hydrogen-bond donors (Lipinski definition) is 3. The maximum absolute atomic E-state index is 13.6. The standard InChI is InChI=1S/C13H15FN2O4/c14-10-3-1-2-9(13(18)19)12(10)16-11(17)6-8-7-20-5-4-15-8/h1-3,8,15H,4-7H2,(H,16,17)(H,18,19). The number of benzene rings is 1. The Bertz CT molecular complexity index is 515. The number of carboxylic acid groups (broad SMARTS) is 1. The molecule has 1 aliphatic rings. The van der Waals surface area contributed by atoms with E-state index in [1.807, 2.05) is 0 Å². The first-order valence-corrected chi connectivity index (χ1v) is 6.20. The molecule has 0 saturated carbocycles. The molecular formula is C13H15FN2O4. The number of rotatable bonds is 4. The number of anilines is 1. The summed E-state index contributed by atoms with van der Waals surface area (Å²) in [6.45, 7) is 1.64. The summed E-state index contributed by atoms with van der Waals surface area (Å²) in [5, 5.41) is 14.4. The van der Waals surface area contributed by atoms with E-state index >= 15 is 0 Å². The average molecular weight is 282 g/mol. The molecule has 1 saturated heterocycles. The maximum atomic E-state index is 13.6. The number of carbonyl (C=O) groups is 2. The van der Waals surface area contributed by atoms with Gasteiger partial charge in [0.2, 0.25) is 5.91 Å². The van der Waals surface area contributed by atoms with Crippen LogP contribution in [0, 0.1) is 5.82 Å². The molecule has 108 valence electrons. The van der Waals surface area contributed by atoms with Gasteiger partial charge in [-0.05, 0) is 12.1 Å². The molecule has 0 spiro atoms. The fraction of sp³-hybridized carbons (Fsp3) is 0.385. The summed E-state index contributed by atoms with van der Waals surface area (Å²) < 4.78 is 18.8. The van der Waals surface area contributed by atoms with Crippen molar-refractivity contribution in [3.63, 3.8) is 0 Å². The van der Waals surface area contributed by atoms with Gasteiger partial charge in [0, 0.05) is 19.0 Å². The molecule has 1 aromatic carbocycles. The number of aromatic carboxylic acids is 1. The Morgan fingerprint density at radius 1 is 1.50 bits per heavy atom. The second-order valence-electron chi connectivity index (χ2n) is 4.45. The number of ether oxygens (including phenoxy) is 1. The molecule has 1 unspecified atom stereocenters. The number of nitrogens with one attached hydrogen (secondary N) is 2. The van der Waals surface area contributed by atoms with E-state index in [0.29, 0.717) is 19.8 Å². The molecule has 7 heteroatoms. The van der Waals surface area contributed by atoms with Gasteiger partial charge in [-0.2, -0.15) is 0 Å². The summed E-state index contributed by atoms with van der Waals surface area (Å²) in [5.41, 5.74) is -0.576. The quantitative estimate of drug-likeness (QED) is 0.761. The third-order valence-electron chi connectivity index (χ3n) is 2.94. The van der Waals surface area contributed by atoms with Gasteiger partial charge in [-0.3, -0.25) is 4.79 Å². The van der Waals surface area contributed by atoms with E-state index in [-0.39, 0.29) is 23.7 Å². The highest BCUT2D eigenvalue weighted by molar-refractivity contribution is 6.00. The van der Waals surface area contributed by atoms with Gasteiger partial charge < -0.3 is 20.5 Å². The molecule has 1 aliphatic heterocycles. The molecule has 0 radical (unpaired) electrons. The van der Waals surface area contributed by atoms with Crippen LogP contribution in [0.1, 0.15) is 16.8 Å². The molecule has 0 aliphatic carbocycles. The van der Waals surface area contributed by atoms with Crippen LogP contribution in [0.4, 0.5) is 10.1 Å². The molecule has 1 heterocycles. The molecule has 6 nitrogen and oxygen atoms in total. The Morgan fingerprint density at radius 2 is 2.30 bits per heavy atom. The molecule has 3 N–H and O–H groups in total. The molecule has 1 aromatic rings. The Balaban J connectivity index is 2.05. The van der Waals surface area contributed by atoms with Gasteiger partial charge in [0.1, 0.15) is 5.82 Å². The van der Waals surface area contributed by atoms with Crippen molar-refractivity contribution < 1.29 is 23.8 Å². The summed E-state index contributed by atoms with van der Waals surface area (Å²) in [6.07, 6.45) is 0.0907. The number of halogens is 1. The van der Waals surface area contributed by atoms with Crippen molar-refractivity contribution in [3.05, 3.63) is 29.6 Å². The van der Waals surface area contributed by atoms with E-state index in [9.17, 15) is 14.0 Å². The summed E-state index contributed by atoms with van der Waals surface area (Å²) in [6, 6.07) is 3.47. The fourth-order valence-corrected chi connectivity index (χ4v) is 1.99. The predicted molar refractivity (Wildman–Crippen MR) is 69.2 cm³/mol. The van der Waals surface area contributed by atoms with Crippen LogP contribution in [0.5, 0.6) is 0 Å². The van der Waals surface area contributed by atoms with Crippen molar-refractivity contribution >= 4 is 17.6 Å². The van der Waals surface area contributed by atoms with Crippen LogP contribution in [0.2, 0.25) is 0 Å². The van der Waals surface area contributed by atoms with Crippen LogP contribution >= 0.6 is 0 Å². The molecular weight excluding hydrogens is 267 g/mol. The minimum Gasteiger partial charge on any atom is -0.478 e. The van der Waals surface area contributed by atoms with Gasteiger partial charge in [-0.1, -0.05) is 6.07 Å². The zero-order valence-corrected chi connectivity index (χ0v) is 10.7. The summed E-state index contributed by atoms with van der Waals surface area (Å²) >= 11 is 0. The predicted octanol–water partition coefficient (Wildman–Crippen LogP) is 0.841. The van der Waals surface area contributed by atoms with Crippen LogP contribution < -0.4 is 10.6 Å². The number of carbonyl (C=O) groups excluding carboxylic acids is 1. The van der Waals surface area contributed by atoms with E-state index in [2.05, 4.69) is 10.6 Å². The third kappa shape index (κ3) is 3.52. The van der Waals surface area contributed by atoms with Crippen molar-refractivity contribution in [2.75, 3.05) is 25.1 Å². The number of amides is 1. The Morgan fingerprint density at radius 3 is 2.95 bits per heavy atom. The minimum absolute atomic E-state index is 0.0907. The highest BCUT2D eigenvalue weighted by atomic mass is 19.1. The number of morpholine rings is 1. The summed E-state index contributed by atoms with van der Waals surface area (Å²) in [5.74, 6) is -2.52. The molecule has 1 atom stereocenters. The van der Waals surface area contributed by atoms with Crippen LogP contribution in [-0.4, -0.2) is 42.8 Å². The third-order valence-corrected chi connectivity index (χ3v) is 2.94. The fourth-order valence-electron chi connectivity index (χ4n) is 1.99. The van der Waals surface area contributed by atoms with Crippen molar-refractivity contribution in [3.8, 4) is 0 Å². The van der Waals surface area contributed by atoms with E-state index in [4.69, 9.17) is 9.84 Å². The number of para-hydroxylation sites is 1. The largest absolute Gasteiger partial charge is 0.478 e. The minimum atomic E-state index is -1.29. The summed E-state index contributed by atoms with van der Waals surface area (Å²) in [7, 11) is 0. The van der Waals surface area contributed by atoms with Crippen LogP contribution in [0.15, 0.2) is 18.2 Å². The van der Waals surface area contributed by atoms with Crippen molar-refractivity contribution in [1.82, 2.24) is 5.32 Å². The number of hydrogen-bond acceptors (Lipinski definition) is 4. The Kier molecular flexibility index (Phi) is 4.65. The van der Waals surface area contributed by atoms with Gasteiger partial charge >= 0.3 is 5.97 Å². The topological polar surface area (TPSA) is 87.7 Å². The SMILES string of the molecule is O=C(CC1COCCN1)Nc1c(F)cccc1C(=O)O. The maximum Gasteiger partial charge on any atom is 0.337 e. The van der Waals surface area contributed by atoms with E-state index in [1.165, 1.54) is 12.1 Å². The summed E-state index contributed by atoms with van der Waals surface area (Å²) in [4.78, 5) is 22.8. The zero-order chi connectivity index (χ0) is 14.5. The molecule has 1 fully saturated rings. The van der Waals surface area contributed by atoms with Crippen molar-refractivity contribution in [1.29, 1.82) is 0 Å². The lowest BCUT2D eigenvalue weighted by molar-refractivity contribution is -0.117. The molecule has 20 heavy (non-hydrogen) atoms. The first-order valence-electron chi connectivity index (χ1n) is 6.20. The average Bonchev–Trinajstić information content (AvgIpc) is 2.42. The van der Waals surface area contributed by atoms with E-state index in [1.54, 1.807) is 0 Å². The lowest BCUT2D eigenvalue weighted by atomic mass is 10.1. The van der Waals surface area contributed by atoms with E-state index in [0.717, 1.165) is 6.07 Å². The van der Waals surface area contributed by atoms with Gasteiger partial charge in [-0.15, -0.1) is 0 Å². The second-order valence-corrected chi connectivity index (χ2v) is 4.45. The number of carboxylic acids is 1. The van der Waals surface area contributed by atoms with Crippen molar-refractivity contribution in [2.24, 2.45) is 0 Å². The first-order chi connectivity index (χ1) is 9.58. The van der Waals surface area contributed by atoms with E-state index < -0.39 is 17.7 Å². The van der Waals surface area contributed by atoms with Gasteiger partial charge in [0.25, 0.3) is 0 Å². The molecule has 0 aromatic heterocycles. The first kappa shape index (κ1) is 14.4. The molecule has 2 rings (SSSR count). The van der Waals surface area contributed by atoms with Crippen LogP contribution in [0.25, 0.3) is 0 Å². The Hall–Kier alpha value is -1.99. The lowest BCUT2D eigenvalue weighted by Gasteiger charge is -2.23. The monoisotopic (exact) mass is 282 g/mol. The van der Waals surface area contributed by atoms with Crippen molar-refractivity contribution in [2.45, 2.75) is 12.5 Å². The van der Waals surface area contributed by atoms with Gasteiger partial charge in [-0.25, -0.2) is 9.18 Å². The molecule has 1 amide bonds.